The number of carbonyl (C=O) groups is 1. The van der Waals surface area contributed by atoms with Crippen molar-refractivity contribution in [1.82, 2.24) is 14.7 Å². The van der Waals surface area contributed by atoms with Crippen LogP contribution in [-0.4, -0.2) is 71.0 Å². The van der Waals surface area contributed by atoms with Crippen LogP contribution in [0.25, 0.3) is 0 Å². The van der Waals surface area contributed by atoms with E-state index in [1.165, 1.54) is 0 Å². The van der Waals surface area contributed by atoms with Crippen molar-refractivity contribution in [3.63, 3.8) is 0 Å². The molecule has 0 bridgehead atoms. The molecular weight excluding hydrogens is 386 g/mol. The van der Waals surface area contributed by atoms with Crippen LogP contribution < -0.4 is 0 Å². The van der Waals surface area contributed by atoms with Crippen molar-refractivity contribution in [3.8, 4) is 5.75 Å². The third kappa shape index (κ3) is 5.00. The molecule has 0 aliphatic carbocycles. The van der Waals surface area contributed by atoms with E-state index in [1.54, 1.807) is 11.0 Å². The highest BCUT2D eigenvalue weighted by atomic mass is 16.3. The maximum absolute atomic E-state index is 13.2. The Bertz CT molecular complexity index is 913. The second-order valence-corrected chi connectivity index (χ2v) is 8.54. The number of hydrogen-bond acceptors (Lipinski definition) is 4. The first-order chi connectivity index (χ1) is 14.9. The fourth-order valence-corrected chi connectivity index (χ4v) is 4.53. The predicted molar refractivity (Wildman–Crippen MR) is 126 cm³/mol. The van der Waals surface area contributed by atoms with E-state index in [2.05, 4.69) is 36.3 Å². The van der Waals surface area contributed by atoms with Crippen LogP contribution in [0.15, 0.2) is 61.2 Å². The maximum Gasteiger partial charge on any atom is 0.253 e. The van der Waals surface area contributed by atoms with Gasteiger partial charge in [0.05, 0.1) is 6.04 Å². The first kappa shape index (κ1) is 23.0. The Labute approximate surface area is 186 Å². The van der Waals surface area contributed by atoms with Crippen molar-refractivity contribution in [2.24, 2.45) is 0 Å². The lowest BCUT2D eigenvalue weighted by Gasteiger charge is -2.47. The zero-order valence-electron chi connectivity index (χ0n) is 19.2. The number of phenolic OH excluding ortho intramolecular Hbond substituents is 1. The van der Waals surface area contributed by atoms with Crippen LogP contribution in [0.2, 0.25) is 0 Å². The maximum atomic E-state index is 13.2. The van der Waals surface area contributed by atoms with Gasteiger partial charge in [0, 0.05) is 50.9 Å². The smallest absolute Gasteiger partial charge is 0.253 e. The summed E-state index contributed by atoms with van der Waals surface area (Å²) in [6.07, 6.45) is 1.96. The van der Waals surface area contributed by atoms with Gasteiger partial charge in [-0.25, -0.2) is 0 Å². The van der Waals surface area contributed by atoms with Gasteiger partial charge in [0.25, 0.3) is 5.91 Å². The molecule has 0 aromatic heterocycles. The fourth-order valence-electron chi connectivity index (χ4n) is 4.53. The van der Waals surface area contributed by atoms with Crippen LogP contribution in [0.3, 0.4) is 0 Å². The van der Waals surface area contributed by atoms with Crippen molar-refractivity contribution in [2.45, 2.75) is 38.9 Å². The van der Waals surface area contributed by atoms with E-state index in [1.807, 2.05) is 56.4 Å². The largest absolute Gasteiger partial charge is 0.508 e. The highest BCUT2D eigenvalue weighted by Gasteiger charge is 2.36. The molecule has 0 saturated carbocycles. The van der Waals surface area contributed by atoms with Gasteiger partial charge in [0.2, 0.25) is 0 Å². The summed E-state index contributed by atoms with van der Waals surface area (Å²) in [7, 11) is 1.83. The molecule has 5 heteroatoms. The van der Waals surface area contributed by atoms with E-state index in [-0.39, 0.29) is 23.7 Å². The van der Waals surface area contributed by atoms with Gasteiger partial charge in [-0.15, -0.1) is 6.58 Å². The normalized spacial score (nSPS) is 20.9. The molecule has 0 spiro atoms. The van der Waals surface area contributed by atoms with E-state index in [4.69, 9.17) is 0 Å². The Morgan fingerprint density at radius 3 is 2.61 bits per heavy atom. The van der Waals surface area contributed by atoms with Gasteiger partial charge in [-0.1, -0.05) is 36.4 Å². The molecule has 5 nitrogen and oxygen atoms in total. The van der Waals surface area contributed by atoms with Crippen molar-refractivity contribution in [2.75, 3.05) is 33.2 Å². The van der Waals surface area contributed by atoms with Crippen molar-refractivity contribution in [1.29, 1.82) is 0 Å². The summed E-state index contributed by atoms with van der Waals surface area (Å²) in [6.45, 7) is 13.7. The first-order valence-corrected chi connectivity index (χ1v) is 11.1. The average Bonchev–Trinajstić information content (AvgIpc) is 2.76. The molecule has 31 heavy (non-hydrogen) atoms. The quantitative estimate of drug-likeness (QED) is 0.682. The average molecular weight is 422 g/mol. The first-order valence-electron chi connectivity index (χ1n) is 11.1. The Morgan fingerprint density at radius 1 is 1.19 bits per heavy atom. The molecular formula is C26H35N3O2. The number of hydrogen-bond donors (Lipinski definition) is 1. The van der Waals surface area contributed by atoms with E-state index in [9.17, 15) is 9.90 Å². The summed E-state index contributed by atoms with van der Waals surface area (Å²) in [5.74, 6) is 0.261. The van der Waals surface area contributed by atoms with E-state index < -0.39 is 0 Å². The topological polar surface area (TPSA) is 47.0 Å². The van der Waals surface area contributed by atoms with Gasteiger partial charge in [-0.3, -0.25) is 14.6 Å². The number of nitrogens with zero attached hydrogens (tertiary/aromatic N) is 3. The lowest BCUT2D eigenvalue weighted by molar-refractivity contribution is 0.0302. The van der Waals surface area contributed by atoms with Gasteiger partial charge < -0.3 is 10.0 Å². The minimum absolute atomic E-state index is 0.0225. The van der Waals surface area contributed by atoms with Crippen LogP contribution in [0, 0.1) is 0 Å². The molecule has 1 amide bonds. The summed E-state index contributed by atoms with van der Waals surface area (Å²) in [4.78, 5) is 19.9. The van der Waals surface area contributed by atoms with E-state index in [0.29, 0.717) is 18.2 Å². The molecule has 1 aliphatic rings. The van der Waals surface area contributed by atoms with E-state index in [0.717, 1.165) is 30.8 Å². The summed E-state index contributed by atoms with van der Waals surface area (Å²) >= 11 is 0. The molecule has 3 rings (SSSR count). The van der Waals surface area contributed by atoms with Crippen LogP contribution >= 0.6 is 0 Å². The molecule has 1 N–H and O–H groups in total. The molecule has 2 aromatic rings. The second-order valence-electron chi connectivity index (χ2n) is 8.54. The minimum atomic E-state index is -0.124. The Balaban J connectivity index is 2.10. The highest BCUT2D eigenvalue weighted by Crippen LogP contribution is 2.36. The predicted octanol–water partition coefficient (Wildman–Crippen LogP) is 4.15. The second kappa shape index (κ2) is 10.1. The molecule has 1 aliphatic heterocycles. The van der Waals surface area contributed by atoms with Gasteiger partial charge in [0.1, 0.15) is 5.75 Å². The lowest BCUT2D eigenvalue weighted by atomic mass is 9.90. The third-order valence-electron chi connectivity index (χ3n) is 6.35. The molecule has 1 fully saturated rings. The van der Waals surface area contributed by atoms with Crippen molar-refractivity contribution in [3.05, 3.63) is 77.9 Å². The summed E-state index contributed by atoms with van der Waals surface area (Å²) < 4.78 is 0. The number of rotatable bonds is 7. The van der Waals surface area contributed by atoms with Gasteiger partial charge >= 0.3 is 0 Å². The molecule has 1 saturated heterocycles. The number of piperazine rings is 1. The summed E-state index contributed by atoms with van der Waals surface area (Å²) in [5.41, 5.74) is 2.69. The van der Waals surface area contributed by atoms with Gasteiger partial charge in [-0.2, -0.15) is 0 Å². The van der Waals surface area contributed by atoms with Gasteiger partial charge in [0.15, 0.2) is 0 Å². The van der Waals surface area contributed by atoms with Crippen LogP contribution in [0.1, 0.15) is 48.3 Å². The number of carbonyl (C=O) groups excluding carboxylic acids is 1. The lowest BCUT2D eigenvalue weighted by Crippen LogP contribution is -2.57. The van der Waals surface area contributed by atoms with Crippen molar-refractivity contribution < 1.29 is 9.90 Å². The number of amides is 1. The van der Waals surface area contributed by atoms with Crippen LogP contribution in [0.5, 0.6) is 5.75 Å². The summed E-state index contributed by atoms with van der Waals surface area (Å²) in [6, 6.07) is 15.8. The fraction of sp³-hybridized carbons (Fsp3) is 0.423. The molecule has 3 atom stereocenters. The van der Waals surface area contributed by atoms with Crippen molar-refractivity contribution >= 4 is 5.91 Å². The van der Waals surface area contributed by atoms with Crippen LogP contribution in [-0.2, 0) is 0 Å². The monoisotopic (exact) mass is 421 g/mol. The summed E-state index contributed by atoms with van der Waals surface area (Å²) in [5, 5.41) is 10.2. The van der Waals surface area contributed by atoms with Crippen LogP contribution in [0.4, 0.5) is 0 Å². The highest BCUT2D eigenvalue weighted by molar-refractivity contribution is 5.95. The minimum Gasteiger partial charge on any atom is -0.508 e. The third-order valence-corrected chi connectivity index (χ3v) is 6.35. The Morgan fingerprint density at radius 2 is 1.94 bits per heavy atom. The van der Waals surface area contributed by atoms with Gasteiger partial charge in [-0.05, 0) is 50.1 Å². The standard InChI is InChI=1S/C26H35N3O2/c1-6-15-28-17-20(4)29(18-19(28)3)25(21-11-10-12-22(30)16-21)23-13-8-9-14-24(23)26(31)27(5)7-2/h6,8-14,16,19-20,25,30H,1,7,15,17-18H2,2-5H3/t19-,20-,25+/m0/s1. The molecule has 0 unspecified atom stereocenters. The molecule has 166 valence electrons. The SMILES string of the molecule is C=CCN1C[C@H](C)N([C@H](c2cccc(O)c2)c2ccccc2C(=O)N(C)CC)C[C@@H]1C. The zero-order chi connectivity index (χ0) is 22.5. The Hall–Kier alpha value is -2.63. The molecule has 0 radical (unpaired) electrons. The molecule has 1 heterocycles. The van der Waals surface area contributed by atoms with E-state index >= 15 is 0 Å². The number of aromatic hydroxyl groups is 1. The Kier molecular flexibility index (Phi) is 7.52. The molecule has 2 aromatic carbocycles. The zero-order valence-corrected chi connectivity index (χ0v) is 19.2. The number of phenols is 1. The number of benzene rings is 2.